The van der Waals surface area contributed by atoms with Gasteiger partial charge in [-0.3, -0.25) is 14.4 Å². The summed E-state index contributed by atoms with van der Waals surface area (Å²) in [6.45, 7) is 19.6. The monoisotopic (exact) mass is 960 g/mol. The Morgan fingerprint density at radius 2 is 1.26 bits per heavy atom. The molecule has 0 radical (unpaired) electrons. The molecular formula is C38H39BrCl2F2K2N4O9. The summed E-state index contributed by atoms with van der Waals surface area (Å²) in [4.78, 5) is 41.9. The Hall–Kier alpha value is -2.06. The van der Waals surface area contributed by atoms with Crippen LogP contribution in [0.2, 0.25) is 10.0 Å². The van der Waals surface area contributed by atoms with E-state index in [1.54, 1.807) is 50.2 Å². The van der Waals surface area contributed by atoms with Gasteiger partial charge in [-0.15, -0.1) is 0 Å². The molecule has 0 aliphatic heterocycles. The summed E-state index contributed by atoms with van der Waals surface area (Å²) in [5.74, 6) is -2.39. The zero-order valence-electron chi connectivity index (χ0n) is 32.5. The number of carbonyl (C=O) groups excluding carboxylic acids is 3. The van der Waals surface area contributed by atoms with E-state index in [1.807, 2.05) is 0 Å². The van der Waals surface area contributed by atoms with Crippen molar-refractivity contribution in [3.63, 3.8) is 0 Å². The van der Waals surface area contributed by atoms with Crippen LogP contribution in [0.15, 0.2) is 72.8 Å². The van der Waals surface area contributed by atoms with Gasteiger partial charge in [0.2, 0.25) is 0 Å². The predicted molar refractivity (Wildman–Crippen MR) is 212 cm³/mol. The summed E-state index contributed by atoms with van der Waals surface area (Å²) in [5, 5.41) is 42.4. The summed E-state index contributed by atoms with van der Waals surface area (Å²) in [6.07, 6.45) is 0. The number of nitrogens with zero attached hydrogens (tertiary/aromatic N) is 2. The van der Waals surface area contributed by atoms with E-state index in [2.05, 4.69) is 41.1 Å². The third-order valence-electron chi connectivity index (χ3n) is 6.74. The number of anilines is 2. The topological polar surface area (TPSA) is 186 Å². The van der Waals surface area contributed by atoms with Crippen molar-refractivity contribution >= 4 is 80.2 Å². The fourth-order valence-electron chi connectivity index (χ4n) is 3.65. The number of benzene rings is 4. The molecule has 4 aromatic rings. The summed E-state index contributed by atoms with van der Waals surface area (Å²) in [6, 6.07) is 17.2. The molecule has 0 unspecified atom stereocenters. The van der Waals surface area contributed by atoms with Gasteiger partial charge in [0.25, 0.3) is 18.3 Å². The Balaban J connectivity index is -0.000000386. The van der Waals surface area contributed by atoms with Crippen LogP contribution in [0.1, 0.15) is 33.8 Å². The Bertz CT molecular complexity index is 2060. The van der Waals surface area contributed by atoms with E-state index < -0.39 is 34.7 Å². The first-order valence-electron chi connectivity index (χ1n) is 15.3. The molecule has 0 aliphatic rings. The van der Waals surface area contributed by atoms with Crippen molar-refractivity contribution in [2.24, 2.45) is 0 Å². The zero-order chi connectivity index (χ0) is 41.9. The van der Waals surface area contributed by atoms with Crippen molar-refractivity contribution in [2.75, 3.05) is 22.6 Å². The van der Waals surface area contributed by atoms with Crippen molar-refractivity contribution in [3.05, 3.63) is 128 Å². The molecule has 2 atom stereocenters. The van der Waals surface area contributed by atoms with Crippen LogP contribution in [-0.4, -0.2) is 56.7 Å². The Labute approximate surface area is 440 Å². The summed E-state index contributed by atoms with van der Waals surface area (Å²) in [7, 11) is 0. The largest absolute Gasteiger partial charge is 1.00 e. The molecule has 0 aromatic heterocycles. The maximum absolute atomic E-state index is 13.4. The van der Waals surface area contributed by atoms with E-state index in [4.69, 9.17) is 56.2 Å². The second-order valence-corrected chi connectivity index (χ2v) is 12.8. The molecule has 0 saturated heterocycles. The summed E-state index contributed by atoms with van der Waals surface area (Å²) >= 11 is 13.9. The number of ether oxygens (including phenoxy) is 1. The average Bonchev–Trinajstić information content (AvgIpc) is 3.14. The van der Waals surface area contributed by atoms with E-state index in [0.717, 1.165) is 17.7 Å². The number of rotatable bonds is 9. The third-order valence-corrected chi connectivity index (χ3v) is 8.45. The predicted octanol–water partition coefficient (Wildman–Crippen LogP) is 2.11. The van der Waals surface area contributed by atoms with Gasteiger partial charge in [-0.25, -0.2) is 18.5 Å². The van der Waals surface area contributed by atoms with Crippen LogP contribution in [0.3, 0.4) is 0 Å². The van der Waals surface area contributed by atoms with E-state index in [9.17, 15) is 28.6 Å². The number of phenols is 1. The Morgan fingerprint density at radius 1 is 0.845 bits per heavy atom. The SMILES string of the molecule is C.O=CO[O-].Oc1ccc(Cl)c(F)c1.[C-]#[N+]c1ccc(NC(=O)[C@@](C)(O)CBr)cc1C.[C-]#[N+]c1ccc(NC(=O)[C@@](C)(O)COc2ccc(Cl)c(F)c2)cc1C.[H-].[K+].[K+]. The molecule has 0 spiro atoms. The van der Waals surface area contributed by atoms with E-state index in [-0.39, 0.29) is 152 Å². The van der Waals surface area contributed by atoms with Crippen LogP contribution in [0, 0.1) is 38.6 Å². The first-order chi connectivity index (χ1) is 25.7. The number of aliphatic hydroxyl groups is 2. The number of halogens is 5. The van der Waals surface area contributed by atoms with Crippen molar-refractivity contribution in [1.82, 2.24) is 0 Å². The number of aryl methyl sites for hydroxylation is 2. The van der Waals surface area contributed by atoms with Crippen LogP contribution in [-0.2, 0) is 19.3 Å². The first-order valence-corrected chi connectivity index (χ1v) is 17.2. The average molecular weight is 963 g/mol. The molecular weight excluding hydrogens is 923 g/mol. The van der Waals surface area contributed by atoms with E-state index in [0.29, 0.717) is 28.3 Å². The van der Waals surface area contributed by atoms with Gasteiger partial charge in [-0.2, -0.15) is 0 Å². The number of phenolic OH excluding ortho intramolecular Hbond substituents is 1. The molecule has 58 heavy (non-hydrogen) atoms. The van der Waals surface area contributed by atoms with Crippen molar-refractivity contribution in [3.8, 4) is 11.5 Å². The fourth-order valence-corrected chi connectivity index (χ4v) is 4.14. The summed E-state index contributed by atoms with van der Waals surface area (Å²) in [5.41, 5.74) is 0.257. The van der Waals surface area contributed by atoms with E-state index >= 15 is 0 Å². The van der Waals surface area contributed by atoms with Crippen molar-refractivity contribution in [2.45, 2.75) is 46.3 Å². The second-order valence-electron chi connectivity index (χ2n) is 11.5. The minimum absolute atomic E-state index is 0. The number of hydrogen-bond acceptors (Lipinski definition) is 9. The molecule has 0 aliphatic carbocycles. The first kappa shape index (κ1) is 60.2. The van der Waals surface area contributed by atoms with Crippen LogP contribution >= 0.6 is 39.1 Å². The number of aromatic hydroxyl groups is 1. The molecule has 2 amide bonds. The number of amides is 2. The number of carbonyl (C=O) groups is 3. The summed E-state index contributed by atoms with van der Waals surface area (Å²) < 4.78 is 30.9. The van der Waals surface area contributed by atoms with Crippen LogP contribution < -0.4 is 123 Å². The third kappa shape index (κ3) is 21.5. The standard InChI is InChI=1S/C18H16ClFN2O3.C12H13BrN2O2.C6H4ClFO.CH2O3.CH4.2K.H/c1-11-8-12(4-7-16(11)21-3)22-17(23)18(2,24)10-25-13-5-6-14(19)15(20)9-13;1-8-6-9(4-5-10(8)14-3)15-11(16)12(2,17)7-13;7-5-2-1-4(9)3-6(5)8;2-1-4-3;;;;/h4-9,24H,10H2,1-2H3,(H,22,23);4-6,17H,7H2,1-2H3,(H,15,16);1-3,9H;1,3H;1H4;;;/q;;;;;2*+1;-1/p-1/t18-;12-;;;;;;/m00....../s1. The quantitative estimate of drug-likeness (QED) is 0.0419. The molecule has 0 fully saturated rings. The molecule has 5 N–H and O–H groups in total. The molecule has 0 bridgehead atoms. The minimum atomic E-state index is -1.84. The van der Waals surface area contributed by atoms with Gasteiger partial charge in [0.1, 0.15) is 35.3 Å². The van der Waals surface area contributed by atoms with Gasteiger partial charge in [-0.05, 0) is 87.4 Å². The maximum Gasteiger partial charge on any atom is 1.00 e. The molecule has 20 heteroatoms. The van der Waals surface area contributed by atoms with Gasteiger partial charge < -0.3 is 42.3 Å². The Kier molecular flexibility index (Phi) is 31.2. The number of nitrogens with one attached hydrogen (secondary N) is 2. The minimum Gasteiger partial charge on any atom is -1.00 e. The molecule has 4 aromatic carbocycles. The fraction of sp³-hybridized carbons (Fsp3) is 0.237. The van der Waals surface area contributed by atoms with E-state index in [1.165, 1.54) is 38.1 Å². The Morgan fingerprint density at radius 3 is 1.60 bits per heavy atom. The normalized spacial score (nSPS) is 11.3. The van der Waals surface area contributed by atoms with Crippen molar-refractivity contribution < 1.29 is 158 Å². The van der Waals surface area contributed by atoms with Gasteiger partial charge >= 0.3 is 103 Å². The maximum atomic E-state index is 13.4. The molecule has 0 heterocycles. The second kappa shape index (κ2) is 30.0. The number of alkyl halides is 1. The van der Waals surface area contributed by atoms with Gasteiger partial charge in [0.05, 0.1) is 23.2 Å². The molecule has 0 saturated carbocycles. The van der Waals surface area contributed by atoms with Crippen LogP contribution in [0.4, 0.5) is 31.5 Å². The molecule has 13 nitrogen and oxygen atoms in total. The molecule has 4 rings (SSSR count). The zero-order valence-corrected chi connectivity index (χ0v) is 40.8. The molecule has 302 valence electrons. The van der Waals surface area contributed by atoms with Gasteiger partial charge in [-0.1, -0.05) is 58.7 Å². The number of hydrogen-bond donors (Lipinski definition) is 5. The van der Waals surface area contributed by atoms with Crippen LogP contribution in [0.5, 0.6) is 11.5 Å². The van der Waals surface area contributed by atoms with Gasteiger partial charge in [0.15, 0.2) is 17.0 Å². The van der Waals surface area contributed by atoms with Crippen molar-refractivity contribution in [1.29, 1.82) is 0 Å². The van der Waals surface area contributed by atoms with Crippen LogP contribution in [0.25, 0.3) is 9.69 Å². The van der Waals surface area contributed by atoms with Gasteiger partial charge in [0, 0.05) is 28.8 Å². The smallest absolute Gasteiger partial charge is 1.00 e.